The average molecular weight is 332 g/mol. The van der Waals surface area contributed by atoms with Crippen LogP contribution in [0, 0.1) is 6.92 Å². The molecule has 3 rings (SSSR count). The largest absolute Gasteiger partial charge is 0.507 e. The maximum atomic E-state index is 12.2. The molecule has 0 saturated heterocycles. The lowest BCUT2D eigenvalue weighted by atomic mass is 10.2. The number of H-pyrrole nitrogens is 1. The van der Waals surface area contributed by atoms with Crippen molar-refractivity contribution in [3.8, 4) is 16.3 Å². The number of nitrogens with one attached hydrogen (secondary N) is 2. The Kier molecular flexibility index (Phi) is 3.94. The minimum atomic E-state index is -0.467. The summed E-state index contributed by atoms with van der Waals surface area (Å²) in [6.45, 7) is 1.81. The second-order valence-electron chi connectivity index (χ2n) is 4.61. The molecule has 0 radical (unpaired) electrons. The van der Waals surface area contributed by atoms with Gasteiger partial charge in [0, 0.05) is 6.20 Å². The second-order valence-corrected chi connectivity index (χ2v) is 5.61. The third-order valence-electron chi connectivity index (χ3n) is 3.04. The zero-order chi connectivity index (χ0) is 16.4. The van der Waals surface area contributed by atoms with Crippen molar-refractivity contribution in [3.05, 3.63) is 51.5 Å². The molecule has 3 heterocycles. The SMILES string of the molecule is Cc1nc(-c2c(O)cc[nH]c2=O)sc1C(=O)NCc1ncco1. The number of aromatic amines is 1. The topological polar surface area (TPSA) is 121 Å². The lowest BCUT2D eigenvalue weighted by Gasteiger charge is -2.00. The Morgan fingerprint density at radius 2 is 2.35 bits per heavy atom. The Hall–Kier alpha value is -2.94. The first kappa shape index (κ1) is 15.0. The van der Waals surface area contributed by atoms with Gasteiger partial charge in [0.05, 0.1) is 18.4 Å². The van der Waals surface area contributed by atoms with Crippen molar-refractivity contribution in [2.45, 2.75) is 13.5 Å². The van der Waals surface area contributed by atoms with Gasteiger partial charge < -0.3 is 19.8 Å². The van der Waals surface area contributed by atoms with Crippen LogP contribution in [0.4, 0.5) is 0 Å². The lowest BCUT2D eigenvalue weighted by Crippen LogP contribution is -2.22. The van der Waals surface area contributed by atoms with E-state index in [1.807, 2.05) is 0 Å². The first-order chi connectivity index (χ1) is 11.1. The summed E-state index contributed by atoms with van der Waals surface area (Å²) in [6.07, 6.45) is 4.25. The number of aromatic nitrogens is 3. The van der Waals surface area contributed by atoms with Crippen LogP contribution in [-0.2, 0) is 6.54 Å². The number of nitrogens with zero attached hydrogens (tertiary/aromatic N) is 2. The molecule has 0 bridgehead atoms. The number of hydrogen-bond donors (Lipinski definition) is 3. The number of hydrogen-bond acceptors (Lipinski definition) is 7. The van der Waals surface area contributed by atoms with E-state index >= 15 is 0 Å². The molecule has 3 N–H and O–H groups in total. The number of aryl methyl sites for hydroxylation is 1. The van der Waals surface area contributed by atoms with Crippen LogP contribution in [-0.4, -0.2) is 26.0 Å². The summed E-state index contributed by atoms with van der Waals surface area (Å²) >= 11 is 1.03. The van der Waals surface area contributed by atoms with Gasteiger partial charge in [0.15, 0.2) is 0 Å². The fraction of sp³-hybridized carbons (Fsp3) is 0.143. The summed E-state index contributed by atoms with van der Waals surface area (Å²) in [5.74, 6) is -0.150. The molecule has 118 valence electrons. The van der Waals surface area contributed by atoms with E-state index in [1.165, 1.54) is 24.7 Å². The molecule has 0 atom stereocenters. The van der Waals surface area contributed by atoms with Gasteiger partial charge in [-0.15, -0.1) is 11.3 Å². The molecule has 9 heteroatoms. The average Bonchev–Trinajstić information content (AvgIpc) is 3.14. The van der Waals surface area contributed by atoms with E-state index in [9.17, 15) is 14.7 Å². The molecular weight excluding hydrogens is 320 g/mol. The third-order valence-corrected chi connectivity index (χ3v) is 4.21. The molecule has 0 aliphatic heterocycles. The zero-order valence-electron chi connectivity index (χ0n) is 12.0. The molecule has 8 nitrogen and oxygen atoms in total. The molecule has 3 aromatic rings. The molecule has 0 unspecified atom stereocenters. The quantitative estimate of drug-likeness (QED) is 0.664. The predicted molar refractivity (Wildman–Crippen MR) is 82.2 cm³/mol. The van der Waals surface area contributed by atoms with Crippen LogP contribution in [0.25, 0.3) is 10.6 Å². The van der Waals surface area contributed by atoms with Crippen molar-refractivity contribution in [2.75, 3.05) is 0 Å². The molecule has 0 aliphatic carbocycles. The Morgan fingerprint density at radius 1 is 1.52 bits per heavy atom. The van der Waals surface area contributed by atoms with E-state index in [-0.39, 0.29) is 28.8 Å². The monoisotopic (exact) mass is 332 g/mol. The lowest BCUT2D eigenvalue weighted by molar-refractivity contribution is 0.0950. The number of carbonyl (C=O) groups excluding carboxylic acids is 1. The number of amides is 1. The minimum absolute atomic E-state index is 0.0485. The van der Waals surface area contributed by atoms with Crippen molar-refractivity contribution >= 4 is 17.2 Å². The summed E-state index contributed by atoms with van der Waals surface area (Å²) < 4.78 is 5.04. The minimum Gasteiger partial charge on any atom is -0.507 e. The van der Waals surface area contributed by atoms with E-state index in [4.69, 9.17) is 4.42 Å². The first-order valence-corrected chi connectivity index (χ1v) is 7.43. The summed E-state index contributed by atoms with van der Waals surface area (Å²) in [5, 5.41) is 12.8. The van der Waals surface area contributed by atoms with E-state index in [2.05, 4.69) is 20.3 Å². The highest BCUT2D eigenvalue weighted by Gasteiger charge is 2.20. The van der Waals surface area contributed by atoms with Gasteiger partial charge in [-0.25, -0.2) is 9.97 Å². The fourth-order valence-electron chi connectivity index (χ4n) is 1.97. The summed E-state index contributed by atoms with van der Waals surface area (Å²) in [7, 11) is 0. The number of carbonyl (C=O) groups is 1. The highest BCUT2D eigenvalue weighted by molar-refractivity contribution is 7.17. The van der Waals surface area contributed by atoms with Crippen LogP contribution >= 0.6 is 11.3 Å². The molecule has 0 aromatic carbocycles. The molecular formula is C14H12N4O4S. The van der Waals surface area contributed by atoms with Crippen LogP contribution < -0.4 is 10.9 Å². The summed E-state index contributed by atoms with van der Waals surface area (Å²) in [5.41, 5.74) is 0.0513. The van der Waals surface area contributed by atoms with Crippen LogP contribution in [0.2, 0.25) is 0 Å². The molecule has 1 amide bonds. The van der Waals surface area contributed by atoms with E-state index < -0.39 is 5.56 Å². The van der Waals surface area contributed by atoms with Crippen molar-refractivity contribution in [1.29, 1.82) is 0 Å². The highest BCUT2D eigenvalue weighted by atomic mass is 32.1. The molecule has 0 fully saturated rings. The molecule has 0 aliphatic rings. The predicted octanol–water partition coefficient (Wildman–Crippen LogP) is 1.43. The normalized spacial score (nSPS) is 10.7. The van der Waals surface area contributed by atoms with Gasteiger partial charge in [0.25, 0.3) is 11.5 Å². The summed E-state index contributed by atoms with van der Waals surface area (Å²) in [4.78, 5) is 35.0. The molecule has 3 aromatic heterocycles. The second kappa shape index (κ2) is 6.05. The van der Waals surface area contributed by atoms with Gasteiger partial charge in [-0.05, 0) is 13.0 Å². The molecule has 0 spiro atoms. The Morgan fingerprint density at radius 3 is 3.04 bits per heavy atom. The third kappa shape index (κ3) is 2.99. The van der Waals surface area contributed by atoms with Crippen molar-refractivity contribution < 1.29 is 14.3 Å². The van der Waals surface area contributed by atoms with Gasteiger partial charge in [0.2, 0.25) is 5.89 Å². The van der Waals surface area contributed by atoms with Crippen LogP contribution in [0.1, 0.15) is 21.3 Å². The number of thiazole rings is 1. The van der Waals surface area contributed by atoms with Crippen molar-refractivity contribution in [1.82, 2.24) is 20.3 Å². The van der Waals surface area contributed by atoms with E-state index in [0.717, 1.165) is 11.3 Å². The van der Waals surface area contributed by atoms with Gasteiger partial charge in [-0.1, -0.05) is 0 Å². The highest BCUT2D eigenvalue weighted by Crippen LogP contribution is 2.30. The zero-order valence-corrected chi connectivity index (χ0v) is 12.8. The van der Waals surface area contributed by atoms with Gasteiger partial charge in [-0.2, -0.15) is 0 Å². The van der Waals surface area contributed by atoms with Gasteiger partial charge in [0.1, 0.15) is 27.5 Å². The smallest absolute Gasteiger partial charge is 0.263 e. The fourth-order valence-corrected chi connectivity index (χ4v) is 3.00. The standard InChI is InChI=1S/C14H12N4O4S/c1-7-11(13(21)17-6-9-15-4-5-22-9)23-14(18-7)10-8(19)2-3-16-12(10)20/h2-5H,6H2,1H3,(H,17,21)(H2,16,19,20). The first-order valence-electron chi connectivity index (χ1n) is 6.61. The number of rotatable bonds is 4. The molecule has 23 heavy (non-hydrogen) atoms. The number of pyridine rings is 1. The number of aromatic hydroxyl groups is 1. The van der Waals surface area contributed by atoms with Crippen LogP contribution in [0.3, 0.4) is 0 Å². The van der Waals surface area contributed by atoms with Crippen molar-refractivity contribution in [2.24, 2.45) is 0 Å². The van der Waals surface area contributed by atoms with Crippen LogP contribution in [0.15, 0.2) is 33.9 Å². The Labute approximate surface area is 133 Å². The maximum absolute atomic E-state index is 12.2. The van der Waals surface area contributed by atoms with E-state index in [1.54, 1.807) is 6.92 Å². The van der Waals surface area contributed by atoms with E-state index in [0.29, 0.717) is 16.5 Å². The maximum Gasteiger partial charge on any atom is 0.263 e. The Bertz CT molecular complexity index is 898. The van der Waals surface area contributed by atoms with Gasteiger partial charge in [-0.3, -0.25) is 9.59 Å². The summed E-state index contributed by atoms with van der Waals surface area (Å²) in [6, 6.07) is 1.36. The van der Waals surface area contributed by atoms with Crippen molar-refractivity contribution in [3.63, 3.8) is 0 Å². The van der Waals surface area contributed by atoms with Crippen LogP contribution in [0.5, 0.6) is 5.75 Å². The molecule has 0 saturated carbocycles. The Balaban J connectivity index is 1.86. The van der Waals surface area contributed by atoms with Gasteiger partial charge >= 0.3 is 0 Å². The number of oxazole rings is 1.